The van der Waals surface area contributed by atoms with Crippen LogP contribution in [0.25, 0.3) is 11.3 Å². The maximum Gasteiger partial charge on any atom is 0.136 e. The van der Waals surface area contributed by atoms with Crippen molar-refractivity contribution >= 4 is 21.7 Å². The van der Waals surface area contributed by atoms with E-state index in [-0.39, 0.29) is 0 Å². The Labute approximate surface area is 97.0 Å². The highest BCUT2D eigenvalue weighted by Crippen LogP contribution is 2.31. The van der Waals surface area contributed by atoms with Crippen molar-refractivity contribution in [2.75, 3.05) is 5.73 Å². The zero-order valence-electron chi connectivity index (χ0n) is 8.44. The number of benzene rings is 1. The van der Waals surface area contributed by atoms with E-state index in [1.807, 2.05) is 37.3 Å². The van der Waals surface area contributed by atoms with Crippen molar-refractivity contribution in [1.29, 1.82) is 0 Å². The highest BCUT2D eigenvalue weighted by molar-refractivity contribution is 9.10. The van der Waals surface area contributed by atoms with Crippen molar-refractivity contribution in [3.8, 4) is 11.3 Å². The Balaban J connectivity index is 2.55. The molecule has 0 aliphatic carbocycles. The van der Waals surface area contributed by atoms with Crippen molar-refractivity contribution in [2.24, 2.45) is 0 Å². The number of anilines is 1. The molecule has 2 aromatic rings. The van der Waals surface area contributed by atoms with Gasteiger partial charge in [-0.3, -0.25) is 0 Å². The van der Waals surface area contributed by atoms with Gasteiger partial charge in [-0.1, -0.05) is 30.3 Å². The molecule has 2 N–H and O–H groups in total. The smallest absolute Gasteiger partial charge is 0.136 e. The first-order valence-electron chi connectivity index (χ1n) is 4.81. The average Bonchev–Trinajstić information content (AvgIpc) is 2.57. The van der Waals surface area contributed by atoms with Crippen molar-refractivity contribution in [1.82, 2.24) is 9.78 Å². The van der Waals surface area contributed by atoms with E-state index in [4.69, 9.17) is 5.73 Å². The third-order valence-electron chi connectivity index (χ3n) is 2.28. The minimum atomic E-state index is 0.677. The molecule has 15 heavy (non-hydrogen) atoms. The first kappa shape index (κ1) is 10.2. The zero-order valence-corrected chi connectivity index (χ0v) is 10.0. The first-order chi connectivity index (χ1) is 7.24. The number of rotatable bonds is 2. The van der Waals surface area contributed by atoms with Crippen LogP contribution in [0.15, 0.2) is 34.8 Å². The van der Waals surface area contributed by atoms with E-state index in [0.29, 0.717) is 5.82 Å². The molecule has 78 valence electrons. The lowest BCUT2D eigenvalue weighted by atomic mass is 10.2. The summed E-state index contributed by atoms with van der Waals surface area (Å²) < 4.78 is 2.66. The molecule has 0 bridgehead atoms. The molecule has 0 saturated heterocycles. The van der Waals surface area contributed by atoms with Crippen LogP contribution in [0, 0.1) is 0 Å². The molecule has 0 atom stereocenters. The van der Waals surface area contributed by atoms with Gasteiger partial charge in [-0.15, -0.1) is 0 Å². The second-order valence-electron chi connectivity index (χ2n) is 3.23. The van der Waals surface area contributed by atoms with Gasteiger partial charge in [-0.05, 0) is 22.9 Å². The fraction of sp³-hybridized carbons (Fsp3) is 0.182. The van der Waals surface area contributed by atoms with Crippen molar-refractivity contribution in [3.05, 3.63) is 34.8 Å². The third kappa shape index (κ3) is 1.77. The van der Waals surface area contributed by atoms with Gasteiger partial charge in [0.25, 0.3) is 0 Å². The highest BCUT2D eigenvalue weighted by atomic mass is 79.9. The number of nitrogens with zero attached hydrogens (tertiary/aromatic N) is 2. The van der Waals surface area contributed by atoms with Crippen molar-refractivity contribution < 1.29 is 0 Å². The quantitative estimate of drug-likeness (QED) is 0.908. The molecule has 3 nitrogen and oxygen atoms in total. The van der Waals surface area contributed by atoms with Crippen LogP contribution >= 0.6 is 15.9 Å². The van der Waals surface area contributed by atoms with Gasteiger partial charge in [0, 0.05) is 12.1 Å². The molecule has 0 saturated carbocycles. The fourth-order valence-electron chi connectivity index (χ4n) is 1.47. The minimum Gasteiger partial charge on any atom is -0.383 e. The summed E-state index contributed by atoms with van der Waals surface area (Å²) in [6, 6.07) is 10.0. The monoisotopic (exact) mass is 265 g/mol. The van der Waals surface area contributed by atoms with E-state index >= 15 is 0 Å². The summed E-state index contributed by atoms with van der Waals surface area (Å²) in [5, 5.41) is 4.44. The summed E-state index contributed by atoms with van der Waals surface area (Å²) in [5.74, 6) is 0.677. The SMILES string of the molecule is CCn1nc(-c2ccccc2)c(Br)c1N. The van der Waals surface area contributed by atoms with Crippen LogP contribution in [0.3, 0.4) is 0 Å². The Hall–Kier alpha value is -1.29. The molecule has 0 amide bonds. The molecule has 4 heteroatoms. The van der Waals surface area contributed by atoms with Gasteiger partial charge in [0.2, 0.25) is 0 Å². The molecule has 0 radical (unpaired) electrons. The number of hydrogen-bond donors (Lipinski definition) is 1. The van der Waals surface area contributed by atoms with Crippen molar-refractivity contribution in [3.63, 3.8) is 0 Å². The number of hydrogen-bond acceptors (Lipinski definition) is 2. The lowest BCUT2D eigenvalue weighted by molar-refractivity contribution is 0.672. The van der Waals surface area contributed by atoms with Crippen LogP contribution in [0.5, 0.6) is 0 Å². The van der Waals surface area contributed by atoms with Gasteiger partial charge in [-0.2, -0.15) is 5.10 Å². The number of aryl methyl sites for hydroxylation is 1. The van der Waals surface area contributed by atoms with Crippen LogP contribution in [0.1, 0.15) is 6.92 Å². The summed E-state index contributed by atoms with van der Waals surface area (Å²) in [6.07, 6.45) is 0. The number of halogens is 1. The lowest BCUT2D eigenvalue weighted by Gasteiger charge is -1.96. The molecule has 0 aliphatic heterocycles. The second kappa shape index (κ2) is 4.06. The summed E-state index contributed by atoms with van der Waals surface area (Å²) >= 11 is 3.47. The molecule has 0 fully saturated rings. The van der Waals surface area contributed by atoms with Gasteiger partial charge in [-0.25, -0.2) is 4.68 Å². The largest absolute Gasteiger partial charge is 0.383 e. The molecule has 1 aromatic carbocycles. The molecular formula is C11H12BrN3. The highest BCUT2D eigenvalue weighted by Gasteiger charge is 2.13. The van der Waals surface area contributed by atoms with Gasteiger partial charge in [0.15, 0.2) is 0 Å². The Kier molecular flexibility index (Phi) is 2.77. The second-order valence-corrected chi connectivity index (χ2v) is 4.02. The topological polar surface area (TPSA) is 43.8 Å². The van der Waals surface area contributed by atoms with Crippen LogP contribution in [0.2, 0.25) is 0 Å². The zero-order chi connectivity index (χ0) is 10.8. The van der Waals surface area contributed by atoms with Crippen LogP contribution < -0.4 is 5.73 Å². The number of nitrogen functional groups attached to an aromatic ring is 1. The predicted molar refractivity (Wildman–Crippen MR) is 65.4 cm³/mol. The molecule has 1 heterocycles. The third-order valence-corrected chi connectivity index (χ3v) is 3.06. The van der Waals surface area contributed by atoms with E-state index in [1.54, 1.807) is 4.68 Å². The summed E-state index contributed by atoms with van der Waals surface area (Å²) in [7, 11) is 0. The maximum atomic E-state index is 5.90. The van der Waals surface area contributed by atoms with Crippen LogP contribution in [-0.2, 0) is 6.54 Å². The fourth-order valence-corrected chi connectivity index (χ4v) is 1.99. The van der Waals surface area contributed by atoms with Crippen molar-refractivity contribution in [2.45, 2.75) is 13.5 Å². The van der Waals surface area contributed by atoms with Crippen LogP contribution in [0.4, 0.5) is 5.82 Å². The number of nitrogens with two attached hydrogens (primary N) is 1. The Morgan fingerprint density at radius 1 is 1.33 bits per heavy atom. The summed E-state index contributed by atoms with van der Waals surface area (Å²) in [5.41, 5.74) is 7.88. The first-order valence-corrected chi connectivity index (χ1v) is 5.60. The number of aromatic nitrogens is 2. The van der Waals surface area contributed by atoms with E-state index in [1.165, 1.54) is 0 Å². The van der Waals surface area contributed by atoms with E-state index < -0.39 is 0 Å². The maximum absolute atomic E-state index is 5.90. The predicted octanol–water partition coefficient (Wildman–Crippen LogP) is 2.91. The average molecular weight is 266 g/mol. The molecule has 0 unspecified atom stereocenters. The van der Waals surface area contributed by atoms with Gasteiger partial charge < -0.3 is 5.73 Å². The summed E-state index contributed by atoms with van der Waals surface area (Å²) in [4.78, 5) is 0. The Bertz CT molecular complexity index is 462. The van der Waals surface area contributed by atoms with Gasteiger partial charge in [0.1, 0.15) is 11.5 Å². The molecule has 0 spiro atoms. The van der Waals surface area contributed by atoms with Gasteiger partial charge >= 0.3 is 0 Å². The normalized spacial score (nSPS) is 10.5. The van der Waals surface area contributed by atoms with E-state index in [9.17, 15) is 0 Å². The summed E-state index contributed by atoms with van der Waals surface area (Å²) in [6.45, 7) is 2.79. The Morgan fingerprint density at radius 2 is 2.00 bits per heavy atom. The van der Waals surface area contributed by atoms with Crippen LogP contribution in [-0.4, -0.2) is 9.78 Å². The standard InChI is InChI=1S/C11H12BrN3/c1-2-15-11(13)9(12)10(14-15)8-6-4-3-5-7-8/h3-7H,2,13H2,1H3. The Morgan fingerprint density at radius 3 is 2.53 bits per heavy atom. The molecule has 2 rings (SSSR count). The van der Waals surface area contributed by atoms with E-state index in [2.05, 4.69) is 21.0 Å². The molecule has 1 aromatic heterocycles. The van der Waals surface area contributed by atoms with Gasteiger partial charge in [0.05, 0.1) is 4.47 Å². The minimum absolute atomic E-state index is 0.677. The van der Waals surface area contributed by atoms with E-state index in [0.717, 1.165) is 22.3 Å². The molecular weight excluding hydrogens is 254 g/mol. The lowest BCUT2D eigenvalue weighted by Crippen LogP contribution is -2.01. The molecule has 0 aliphatic rings.